The highest BCUT2D eigenvalue weighted by atomic mass is 16.7. The average Bonchev–Trinajstić information content (AvgIpc) is 3.34. The molecule has 0 radical (unpaired) electrons. The van der Waals surface area contributed by atoms with E-state index in [2.05, 4.69) is 0 Å². The third kappa shape index (κ3) is 3.84. The molecular formula is C23H20O15. The molecule has 15 heteroatoms. The van der Waals surface area contributed by atoms with Crippen molar-refractivity contribution < 1.29 is 68.6 Å². The van der Waals surface area contributed by atoms with Crippen LogP contribution >= 0.6 is 0 Å². The van der Waals surface area contributed by atoms with Crippen LogP contribution in [0.4, 0.5) is 0 Å². The molecule has 2 aromatic carbocycles. The molecule has 5 unspecified atom stereocenters. The van der Waals surface area contributed by atoms with E-state index in [-0.39, 0.29) is 35.2 Å². The van der Waals surface area contributed by atoms with Gasteiger partial charge in [-0.25, -0.2) is 4.79 Å². The van der Waals surface area contributed by atoms with Gasteiger partial charge in [-0.15, -0.1) is 0 Å². The molecule has 15 nitrogen and oxygen atoms in total. The van der Waals surface area contributed by atoms with Gasteiger partial charge < -0.3 is 63.8 Å². The van der Waals surface area contributed by atoms with E-state index >= 15 is 0 Å². The molecule has 0 spiro atoms. The SMILES string of the molecule is COc1c(O)cc(-c2oc3cc4c(c(O)c3c(=O)c2OC2OC(C(=O)O)C(O)C(O)C2O)OCO4)cc1O. The summed E-state index contributed by atoms with van der Waals surface area (Å²) in [5.41, 5.74) is -1.47. The molecule has 0 bridgehead atoms. The fraction of sp³-hybridized carbons (Fsp3) is 0.304. The molecule has 38 heavy (non-hydrogen) atoms. The van der Waals surface area contributed by atoms with Crippen molar-refractivity contribution in [1.29, 1.82) is 0 Å². The number of carboxylic acid groups (broad SMARTS) is 1. The highest BCUT2D eigenvalue weighted by Gasteiger charge is 2.48. The van der Waals surface area contributed by atoms with E-state index in [1.807, 2.05) is 0 Å². The van der Waals surface area contributed by atoms with Gasteiger partial charge in [-0.2, -0.15) is 0 Å². The number of carbonyl (C=O) groups is 1. The van der Waals surface area contributed by atoms with E-state index in [9.17, 15) is 45.3 Å². The van der Waals surface area contributed by atoms with Crippen LogP contribution in [0.1, 0.15) is 0 Å². The largest absolute Gasteiger partial charge is 0.504 e. The number of benzene rings is 2. The summed E-state index contributed by atoms with van der Waals surface area (Å²) >= 11 is 0. The van der Waals surface area contributed by atoms with E-state index in [1.54, 1.807) is 0 Å². The zero-order chi connectivity index (χ0) is 27.5. The zero-order valence-corrected chi connectivity index (χ0v) is 19.2. The van der Waals surface area contributed by atoms with Gasteiger partial charge in [0.2, 0.25) is 35.8 Å². The van der Waals surface area contributed by atoms with Gasteiger partial charge in [-0.05, 0) is 12.1 Å². The Balaban J connectivity index is 1.73. The summed E-state index contributed by atoms with van der Waals surface area (Å²) in [6.07, 6.45) is -10.2. The van der Waals surface area contributed by atoms with Crippen LogP contribution in [0.15, 0.2) is 27.4 Å². The van der Waals surface area contributed by atoms with Gasteiger partial charge in [0.25, 0.3) is 0 Å². The second-order valence-corrected chi connectivity index (χ2v) is 8.32. The van der Waals surface area contributed by atoms with Gasteiger partial charge in [0.15, 0.2) is 34.9 Å². The van der Waals surface area contributed by atoms with E-state index in [0.29, 0.717) is 0 Å². The molecule has 1 saturated heterocycles. The monoisotopic (exact) mass is 536 g/mol. The zero-order valence-electron chi connectivity index (χ0n) is 19.2. The van der Waals surface area contributed by atoms with Gasteiger partial charge in [0.05, 0.1) is 7.11 Å². The number of methoxy groups -OCH3 is 1. The van der Waals surface area contributed by atoms with Crippen molar-refractivity contribution in [3.05, 3.63) is 28.4 Å². The summed E-state index contributed by atoms with van der Waals surface area (Å²) in [5.74, 6) is -5.18. The molecule has 3 aromatic rings. The van der Waals surface area contributed by atoms with Gasteiger partial charge in [0, 0.05) is 11.6 Å². The summed E-state index contributed by atoms with van der Waals surface area (Å²) in [4.78, 5) is 25.1. The first-order chi connectivity index (χ1) is 18.0. The lowest BCUT2D eigenvalue weighted by Gasteiger charge is -2.38. The maximum atomic E-state index is 13.6. The number of carboxylic acids is 1. The maximum Gasteiger partial charge on any atom is 0.335 e. The molecule has 3 heterocycles. The minimum Gasteiger partial charge on any atom is -0.504 e. The van der Waals surface area contributed by atoms with Crippen LogP contribution in [-0.2, 0) is 9.53 Å². The van der Waals surface area contributed by atoms with Crippen LogP contribution in [0.5, 0.6) is 40.2 Å². The topological polar surface area (TPSA) is 235 Å². The molecule has 0 aliphatic carbocycles. The van der Waals surface area contributed by atoms with Crippen LogP contribution < -0.4 is 24.4 Å². The Kier molecular flexibility index (Phi) is 6.07. The van der Waals surface area contributed by atoms with Gasteiger partial charge >= 0.3 is 5.97 Å². The van der Waals surface area contributed by atoms with Crippen molar-refractivity contribution in [2.45, 2.75) is 30.7 Å². The second kappa shape index (κ2) is 9.14. The third-order valence-corrected chi connectivity index (χ3v) is 6.02. The Morgan fingerprint density at radius 1 is 0.974 bits per heavy atom. The minimum atomic E-state index is -2.05. The number of rotatable bonds is 5. The number of aliphatic carboxylic acids is 1. The Morgan fingerprint density at radius 3 is 2.29 bits per heavy atom. The number of phenolic OH excluding ortho intramolecular Hbond substituents is 3. The number of hydrogen-bond acceptors (Lipinski definition) is 14. The number of aliphatic hydroxyl groups is 3. The van der Waals surface area contributed by atoms with Crippen molar-refractivity contribution in [3.8, 4) is 51.6 Å². The second-order valence-electron chi connectivity index (χ2n) is 8.32. The molecule has 1 fully saturated rings. The fourth-order valence-electron chi connectivity index (χ4n) is 4.18. The van der Waals surface area contributed by atoms with Crippen molar-refractivity contribution in [2.24, 2.45) is 0 Å². The lowest BCUT2D eigenvalue weighted by molar-refractivity contribution is -0.271. The number of aliphatic hydroxyl groups excluding tert-OH is 3. The number of aromatic hydroxyl groups is 3. The lowest BCUT2D eigenvalue weighted by Crippen LogP contribution is -2.61. The molecule has 1 aromatic heterocycles. The summed E-state index contributed by atoms with van der Waals surface area (Å²) in [6, 6.07) is 3.32. The third-order valence-electron chi connectivity index (χ3n) is 6.02. The summed E-state index contributed by atoms with van der Waals surface area (Å²) in [7, 11) is 1.19. The van der Waals surface area contributed by atoms with Crippen LogP contribution in [0, 0.1) is 0 Å². The van der Waals surface area contributed by atoms with Crippen LogP contribution in [0.3, 0.4) is 0 Å². The Labute approximate surface area is 210 Å². The molecule has 2 aliphatic heterocycles. The Bertz CT molecular complexity index is 1470. The van der Waals surface area contributed by atoms with Crippen LogP contribution in [0.2, 0.25) is 0 Å². The normalized spacial score (nSPS) is 24.4. The van der Waals surface area contributed by atoms with Crippen molar-refractivity contribution >= 4 is 16.9 Å². The average molecular weight is 536 g/mol. The first-order valence-corrected chi connectivity index (χ1v) is 10.8. The summed E-state index contributed by atoms with van der Waals surface area (Å²) in [5, 5.41) is 70.6. The molecule has 5 atom stereocenters. The minimum absolute atomic E-state index is 0.0469. The fourth-order valence-corrected chi connectivity index (χ4v) is 4.18. The highest BCUT2D eigenvalue weighted by Crippen LogP contribution is 2.47. The lowest BCUT2D eigenvalue weighted by atomic mass is 9.99. The predicted octanol–water partition coefficient (Wildman–Crippen LogP) is -0.415. The summed E-state index contributed by atoms with van der Waals surface area (Å²) < 4.78 is 31.7. The predicted molar refractivity (Wildman–Crippen MR) is 121 cm³/mol. The standard InChI is InChI=1S/C23H20O15/c1-33-18-7(24)2-6(3-8(18)25)17-20(37-23-16(30)14(28)15(29)21(38-23)22(31)32)13(27)11-9(36-17)4-10-19(12(11)26)35-5-34-10/h2-4,14-16,21,23-26,28-30H,5H2,1H3,(H,31,32). The Morgan fingerprint density at radius 2 is 1.66 bits per heavy atom. The van der Waals surface area contributed by atoms with E-state index in [1.165, 1.54) is 13.2 Å². The van der Waals surface area contributed by atoms with E-state index in [0.717, 1.165) is 12.1 Å². The van der Waals surface area contributed by atoms with Crippen molar-refractivity contribution in [2.75, 3.05) is 13.9 Å². The van der Waals surface area contributed by atoms with Gasteiger partial charge in [-0.1, -0.05) is 0 Å². The van der Waals surface area contributed by atoms with Crippen molar-refractivity contribution in [3.63, 3.8) is 0 Å². The van der Waals surface area contributed by atoms with Crippen LogP contribution in [0.25, 0.3) is 22.3 Å². The van der Waals surface area contributed by atoms with E-state index < -0.39 is 76.2 Å². The van der Waals surface area contributed by atoms with Gasteiger partial charge in [-0.3, -0.25) is 4.79 Å². The number of phenols is 3. The number of hydrogen-bond donors (Lipinski definition) is 7. The molecule has 2 aliphatic rings. The first-order valence-electron chi connectivity index (χ1n) is 10.8. The Hall–Kier alpha value is -4.44. The quantitative estimate of drug-likeness (QED) is 0.219. The van der Waals surface area contributed by atoms with Crippen LogP contribution in [-0.4, -0.2) is 86.3 Å². The maximum absolute atomic E-state index is 13.6. The number of ether oxygens (including phenoxy) is 5. The smallest absolute Gasteiger partial charge is 0.335 e. The first kappa shape index (κ1) is 25.2. The van der Waals surface area contributed by atoms with Gasteiger partial charge in [0.1, 0.15) is 29.3 Å². The number of fused-ring (bicyclic) bond motifs is 2. The molecule has 7 N–H and O–H groups in total. The molecule has 5 rings (SSSR count). The molecule has 0 saturated carbocycles. The summed E-state index contributed by atoms with van der Waals surface area (Å²) in [6.45, 7) is -0.261. The van der Waals surface area contributed by atoms with Crippen molar-refractivity contribution in [1.82, 2.24) is 0 Å². The highest BCUT2D eigenvalue weighted by molar-refractivity contribution is 5.92. The van der Waals surface area contributed by atoms with E-state index in [4.69, 9.17) is 28.1 Å². The molecule has 0 amide bonds. The molecular weight excluding hydrogens is 516 g/mol. The molecule has 202 valence electrons.